The molecule has 2 heterocycles. The molecule has 0 saturated carbocycles. The molecule has 0 spiro atoms. The Bertz CT molecular complexity index is 5210. The highest BCUT2D eigenvalue weighted by molar-refractivity contribution is 7.84. The van der Waals surface area contributed by atoms with Gasteiger partial charge in [0.1, 0.15) is 73.2 Å². The van der Waals surface area contributed by atoms with E-state index >= 15 is 0 Å². The number of hydrogen-bond donors (Lipinski definition) is 18. The van der Waals surface area contributed by atoms with E-state index in [2.05, 4.69) is 66.9 Å². The summed E-state index contributed by atoms with van der Waals surface area (Å²) in [6, 6.07) is 0. The monoisotopic (exact) mass is 2160 g/mol. The topological polar surface area (TPSA) is 1110 Å². The molecule has 2 saturated heterocycles. The number of nitrogens with one attached hydrogen (secondary N) is 2. The molecule has 72 nitrogen and oxygen atoms in total. The Morgan fingerprint density at radius 1 is 0.250 bits per heavy atom. The number of amides is 2. The Kier molecular flexibility index (Phi) is 43.7. The van der Waals surface area contributed by atoms with Crippen molar-refractivity contribution in [3.05, 3.63) is 0 Å². The maximum absolute atomic E-state index is 14.0. The van der Waals surface area contributed by atoms with E-state index in [1.54, 1.807) is 10.6 Å². The van der Waals surface area contributed by atoms with E-state index in [-0.39, 0.29) is 64.2 Å². The van der Waals surface area contributed by atoms with Crippen LogP contribution in [0.15, 0.2) is 0 Å². The second-order valence-corrected chi connectivity index (χ2v) is 40.1. The molecule has 2 fully saturated rings. The highest BCUT2D eigenvalue weighted by atomic mass is 32.3. The van der Waals surface area contributed by atoms with E-state index in [0.29, 0.717) is 0 Å². The lowest BCUT2D eigenvalue weighted by atomic mass is 9.98. The largest absolute Gasteiger partial charge is 0.398 e. The van der Waals surface area contributed by atoms with Crippen LogP contribution in [0.4, 0.5) is 0 Å². The molecular formula is C36H68N2O70S16. The average molecular weight is 2160 g/mol. The maximum atomic E-state index is 14.0. The molecule has 2 aliphatic rings. The number of ether oxygens (including phenoxy) is 4. The Balaban J connectivity index is 2.63. The summed E-state index contributed by atoms with van der Waals surface area (Å²) in [4.78, 5) is 27.9. The summed E-state index contributed by atoms with van der Waals surface area (Å²) < 4.78 is 628. The fourth-order valence-electron chi connectivity index (χ4n) is 9.97. The van der Waals surface area contributed by atoms with Crippen molar-refractivity contribution in [3.63, 3.8) is 0 Å². The molecule has 0 aromatic heterocycles. The molecule has 0 aromatic rings. The summed E-state index contributed by atoms with van der Waals surface area (Å²) in [5.74, 6) is -4.55. The van der Waals surface area contributed by atoms with Crippen LogP contribution in [0.2, 0.25) is 0 Å². The number of carbonyl (C=O) groups excluding carboxylic acids is 2. The Hall–Kier alpha value is -3.30. The first-order valence-electron chi connectivity index (χ1n) is 30.8. The van der Waals surface area contributed by atoms with Crippen LogP contribution in [-0.2, 0) is 262 Å². The molecule has 2 aliphatic heterocycles. The minimum Gasteiger partial charge on any atom is -0.354 e. The van der Waals surface area contributed by atoms with Crippen molar-refractivity contribution < 1.29 is 303 Å². The number of unbranched alkanes of at least 4 members (excludes halogenated alkanes) is 9. The highest BCUT2D eigenvalue weighted by Gasteiger charge is 2.60. The normalized spacial score (nSPS) is 23.4. The van der Waals surface area contributed by atoms with Gasteiger partial charge in [-0.05, 0) is 12.8 Å². The van der Waals surface area contributed by atoms with E-state index in [0.717, 1.165) is 0 Å². The quantitative estimate of drug-likeness (QED) is 0.0199. The molecule has 124 heavy (non-hydrogen) atoms. The lowest BCUT2D eigenvalue weighted by molar-refractivity contribution is -0.312. The van der Waals surface area contributed by atoms with Gasteiger partial charge >= 0.3 is 166 Å². The first-order valence-corrected chi connectivity index (χ1v) is 52.6. The first kappa shape index (κ1) is 117. The zero-order valence-corrected chi connectivity index (χ0v) is 72.5. The van der Waals surface area contributed by atoms with Gasteiger partial charge in [-0.25, -0.2) is 66.9 Å². The van der Waals surface area contributed by atoms with Crippen molar-refractivity contribution in [1.82, 2.24) is 10.6 Å². The predicted octanol–water partition coefficient (Wildman–Crippen LogP) is -11.1. The van der Waals surface area contributed by atoms with Crippen molar-refractivity contribution in [3.8, 4) is 0 Å². The van der Waals surface area contributed by atoms with E-state index in [1.807, 2.05) is 0 Å². The van der Waals surface area contributed by atoms with Gasteiger partial charge in [0.15, 0.2) is 37.0 Å². The van der Waals surface area contributed by atoms with Crippen LogP contribution in [0.5, 0.6) is 0 Å². The van der Waals surface area contributed by atoms with Crippen LogP contribution >= 0.6 is 0 Å². The Labute approximate surface area is 701 Å². The molecule has 0 aromatic carbocycles. The van der Waals surface area contributed by atoms with Gasteiger partial charge in [0.2, 0.25) is 0 Å². The van der Waals surface area contributed by atoms with Gasteiger partial charge in [0, 0.05) is 13.1 Å². The van der Waals surface area contributed by atoms with Gasteiger partial charge < -0.3 is 29.6 Å². The summed E-state index contributed by atoms with van der Waals surface area (Å²) in [7, 11) is -102. The minimum absolute atomic E-state index is 0.0777. The fourth-order valence-corrected chi connectivity index (χ4v) is 17.0. The standard InChI is InChI=1S/C36H68N2O70S16/c39-33(29(105-121(77,78)79)25(101-117(65,66)67)21(19(97-113(53,54)55)15-91-111(47,48)49)95-35-31(107-123(83,84)85)27(103-119(71,72)73)23(99-115(59,60)61)17(93-35)13-89-109(41,42)43)37-11-9-7-5-3-1-2-4-6-8-10-12-38-34(40)30(106-122(80,81)82)26(102-118(68,69)70)22(20(98-114(56,57)58)16-92-112(50,51)52)96-36-32(108-124(86,87)88)28(104-120(74,75)76)24(100-116(62,63)64)18(94-36)14-90-110(44,45)46/h17-32,35-36H,1-16H2,(H,37,39)(H,38,40)(H,41,42,43)(H,44,45,46)(H,47,48,49)(H,50,51,52)(H,53,54,55)(H,56,57,58)(H,59,60,61)(H,62,63,64)(H,65,66,67)(H,68,69,70)(H,71,72,73)(H,74,75,76)(H,77,78,79)(H,80,81,82)(H,83,84,85)(H,86,87,88)/t17-,18-,19-,20-,21-,22-,23-,24-,25+,26+,27+,28+,29-,30-,31-,32-,35+,36+/m1/s1. The second-order valence-electron chi connectivity index (χ2n) is 23.2. The van der Waals surface area contributed by atoms with Crippen LogP contribution < -0.4 is 10.6 Å². The minimum atomic E-state index is -6.66. The van der Waals surface area contributed by atoms with Crippen LogP contribution in [0.1, 0.15) is 64.2 Å². The molecule has 18 N–H and O–H groups in total. The molecule has 18 atom stereocenters. The zero-order chi connectivity index (χ0) is 96.4. The third-order valence-corrected chi connectivity index (χ3v) is 21.1. The van der Waals surface area contributed by atoms with Crippen LogP contribution in [0, 0.1) is 0 Å². The average Bonchev–Trinajstić information content (AvgIpc) is 0.765. The van der Waals surface area contributed by atoms with Crippen LogP contribution in [-0.4, -0.2) is 369 Å². The molecule has 0 aliphatic carbocycles. The first-order chi connectivity index (χ1) is 55.3. The van der Waals surface area contributed by atoms with Gasteiger partial charge in [-0.1, -0.05) is 51.4 Å². The second kappa shape index (κ2) is 46.4. The third-order valence-electron chi connectivity index (χ3n) is 13.8. The van der Waals surface area contributed by atoms with Crippen LogP contribution in [0.25, 0.3) is 0 Å². The molecule has 88 heteroatoms. The van der Waals surface area contributed by atoms with Crippen molar-refractivity contribution >= 4 is 178 Å². The summed E-state index contributed by atoms with van der Waals surface area (Å²) in [6.45, 7) is -11.0. The maximum Gasteiger partial charge on any atom is 0.398 e. The molecular weight excluding hydrogens is 2090 g/mol. The van der Waals surface area contributed by atoms with Gasteiger partial charge in [-0.2, -0.15) is 135 Å². The van der Waals surface area contributed by atoms with Gasteiger partial charge in [-0.15, -0.1) is 0 Å². The highest BCUT2D eigenvalue weighted by Crippen LogP contribution is 2.38. The van der Waals surface area contributed by atoms with E-state index < -0.39 is 328 Å². The fraction of sp³-hybridized carbons (Fsp3) is 0.944. The smallest absolute Gasteiger partial charge is 0.354 e. The lowest BCUT2D eigenvalue weighted by Crippen LogP contribution is -2.65. The van der Waals surface area contributed by atoms with Gasteiger partial charge in [0.25, 0.3) is 11.8 Å². The molecule has 2 rings (SSSR count). The van der Waals surface area contributed by atoms with E-state index in [4.69, 9.17) is 18.9 Å². The summed E-state index contributed by atoms with van der Waals surface area (Å²) >= 11 is 0. The van der Waals surface area contributed by atoms with Gasteiger partial charge in [0.05, 0.1) is 26.4 Å². The molecule has 0 bridgehead atoms. The van der Waals surface area contributed by atoms with Crippen molar-refractivity contribution in [2.24, 2.45) is 0 Å². The van der Waals surface area contributed by atoms with E-state index in [1.165, 1.54) is 0 Å². The predicted molar refractivity (Wildman–Crippen MR) is 366 cm³/mol. The number of carbonyl (C=O) groups is 2. The molecule has 0 unspecified atom stereocenters. The summed E-state index contributed by atoms with van der Waals surface area (Å²) in [5, 5.41) is 3.53. The number of rotatable bonds is 61. The van der Waals surface area contributed by atoms with Crippen molar-refractivity contribution in [2.75, 3.05) is 39.5 Å². The third kappa shape index (κ3) is 52.1. The summed E-state index contributed by atoms with van der Waals surface area (Å²) in [6.07, 6.45) is -66.3. The van der Waals surface area contributed by atoms with Crippen LogP contribution in [0.3, 0.4) is 0 Å². The SMILES string of the molecule is O=C(NCCCCCCCCCCCCNC(=O)[C@H](OS(=O)(=O)O)[C@@H](OS(=O)(=O)O)[C@H](O[C@@H]1O[C@H](COS(=O)(=O)O)[C@@H](OS(=O)(=O)O)[C@H](OS(=O)(=O)O)[C@H]1OS(=O)(=O)O)[C@@H](COS(=O)(=O)O)OS(=O)(=O)O)[C@H](OS(=O)(=O)O)[C@@H](OS(=O)(=O)O)[C@H](O[C@@H]1O[C@H](COS(=O)(=O)O)[C@@H](OS(=O)(=O)O)[C@H](OS(=O)(=O)O)[C@H]1OS(=O)(=O)O)[C@@H](COS(=O)(=O)O)OS(=O)(=O)O. The molecule has 0 radical (unpaired) electrons. The Morgan fingerprint density at radius 3 is 0.685 bits per heavy atom. The van der Waals surface area contributed by atoms with Crippen molar-refractivity contribution in [1.29, 1.82) is 0 Å². The Morgan fingerprint density at radius 2 is 0.468 bits per heavy atom. The van der Waals surface area contributed by atoms with E-state index in [9.17, 15) is 217 Å². The zero-order valence-electron chi connectivity index (χ0n) is 59.4. The number of hydrogen-bond acceptors (Lipinski definition) is 54. The van der Waals surface area contributed by atoms with Crippen molar-refractivity contribution in [2.45, 2.75) is 174 Å². The molecule has 2 amide bonds. The van der Waals surface area contributed by atoms with Gasteiger partial charge in [-0.3, -0.25) is 82.4 Å². The summed E-state index contributed by atoms with van der Waals surface area (Å²) in [5.41, 5.74) is 0. The lowest BCUT2D eigenvalue weighted by Gasteiger charge is -2.45. The molecule has 738 valence electrons.